The molecule has 1 atom stereocenters. The van der Waals surface area contributed by atoms with Crippen LogP contribution < -0.4 is 9.46 Å². The zero-order valence-electron chi connectivity index (χ0n) is 13.7. The van der Waals surface area contributed by atoms with E-state index in [0.29, 0.717) is 12.2 Å². The van der Waals surface area contributed by atoms with Gasteiger partial charge in [0.1, 0.15) is 5.75 Å². The van der Waals surface area contributed by atoms with Gasteiger partial charge < -0.3 is 4.74 Å². The Balaban J connectivity index is 2.23. The van der Waals surface area contributed by atoms with Crippen molar-refractivity contribution in [3.05, 3.63) is 59.7 Å². The van der Waals surface area contributed by atoms with E-state index in [-0.39, 0.29) is 4.90 Å². The highest BCUT2D eigenvalue weighted by Crippen LogP contribution is 2.30. The molecule has 0 aliphatic rings. The minimum atomic E-state index is -4.51. The molecular weight excluding hydrogens is 355 g/mol. The molecule has 0 saturated heterocycles. The molecule has 0 saturated carbocycles. The van der Waals surface area contributed by atoms with E-state index in [4.69, 9.17) is 4.74 Å². The van der Waals surface area contributed by atoms with Crippen molar-refractivity contribution in [1.82, 2.24) is 4.72 Å². The molecule has 0 aliphatic carbocycles. The summed E-state index contributed by atoms with van der Waals surface area (Å²) in [5.41, 5.74) is -0.160. The highest BCUT2D eigenvalue weighted by molar-refractivity contribution is 7.89. The Hall–Kier alpha value is -2.06. The van der Waals surface area contributed by atoms with E-state index >= 15 is 0 Å². The highest BCUT2D eigenvalue weighted by atomic mass is 32.2. The molecule has 0 aromatic heterocycles. The zero-order chi connectivity index (χ0) is 18.7. The molecule has 2 rings (SSSR count). The van der Waals surface area contributed by atoms with Crippen LogP contribution in [0.25, 0.3) is 0 Å². The number of hydrogen-bond donors (Lipinski definition) is 1. The summed E-state index contributed by atoms with van der Waals surface area (Å²) >= 11 is 0. The van der Waals surface area contributed by atoms with E-state index in [1.54, 1.807) is 24.3 Å². The van der Waals surface area contributed by atoms with Crippen molar-refractivity contribution in [3.63, 3.8) is 0 Å². The predicted octanol–water partition coefficient (Wildman–Crippen LogP) is 4.14. The van der Waals surface area contributed by atoms with Gasteiger partial charge in [0.25, 0.3) is 0 Å². The number of ether oxygens (including phenoxy) is 1. The maximum Gasteiger partial charge on any atom is 0.416 e. The smallest absolute Gasteiger partial charge is 0.416 e. The monoisotopic (exact) mass is 373 g/mol. The number of alkyl halides is 3. The molecular formula is C17H18F3NO3S. The van der Waals surface area contributed by atoms with Gasteiger partial charge in [0.2, 0.25) is 10.0 Å². The maximum absolute atomic E-state index is 12.6. The number of hydrogen-bond acceptors (Lipinski definition) is 3. The molecule has 2 aromatic rings. The summed E-state index contributed by atoms with van der Waals surface area (Å²) in [5.74, 6) is 0.643. The Morgan fingerprint density at radius 3 is 2.04 bits per heavy atom. The molecule has 0 fully saturated rings. The quantitative estimate of drug-likeness (QED) is 0.828. The van der Waals surface area contributed by atoms with Gasteiger partial charge in [0.15, 0.2) is 0 Å². The average molecular weight is 373 g/mol. The van der Waals surface area contributed by atoms with Crippen LogP contribution in [0.2, 0.25) is 0 Å². The van der Waals surface area contributed by atoms with Crippen LogP contribution in [0.3, 0.4) is 0 Å². The minimum Gasteiger partial charge on any atom is -0.497 e. The predicted molar refractivity (Wildman–Crippen MR) is 87.8 cm³/mol. The molecule has 0 heterocycles. The Bertz CT molecular complexity index is 801. The molecule has 0 aliphatic heterocycles. The standard InChI is InChI=1S/C17H18F3NO3S/c1-3-16(12-4-8-14(24-2)9-5-12)21-25(22,23)15-10-6-13(7-11-15)17(18,19)20/h4-11,16,21H,3H2,1-2H3/t16-/m0/s1. The third-order valence-electron chi connectivity index (χ3n) is 3.72. The fourth-order valence-electron chi connectivity index (χ4n) is 2.30. The Labute approximate surface area is 144 Å². The third-order valence-corrected chi connectivity index (χ3v) is 5.20. The second kappa shape index (κ2) is 7.45. The van der Waals surface area contributed by atoms with Crippen LogP contribution in [-0.4, -0.2) is 15.5 Å². The van der Waals surface area contributed by atoms with Crippen LogP contribution in [0.4, 0.5) is 13.2 Å². The van der Waals surface area contributed by atoms with Crippen LogP contribution >= 0.6 is 0 Å². The summed E-state index contributed by atoms with van der Waals surface area (Å²) < 4.78 is 70.2. The SMILES string of the molecule is CC[C@H](NS(=O)(=O)c1ccc(C(F)(F)F)cc1)c1ccc(OC)cc1. The van der Waals surface area contributed by atoms with Gasteiger partial charge in [-0.2, -0.15) is 13.2 Å². The third kappa shape index (κ3) is 4.73. The van der Waals surface area contributed by atoms with Crippen molar-refractivity contribution >= 4 is 10.0 Å². The van der Waals surface area contributed by atoms with Gasteiger partial charge in [0, 0.05) is 6.04 Å². The van der Waals surface area contributed by atoms with Gasteiger partial charge in [-0.3, -0.25) is 0 Å². The van der Waals surface area contributed by atoms with E-state index in [1.807, 2.05) is 6.92 Å². The summed E-state index contributed by atoms with van der Waals surface area (Å²) in [7, 11) is -2.42. The summed E-state index contributed by atoms with van der Waals surface area (Å²) in [6.45, 7) is 1.81. The molecule has 4 nitrogen and oxygen atoms in total. The van der Waals surface area contributed by atoms with Gasteiger partial charge in [-0.05, 0) is 48.4 Å². The van der Waals surface area contributed by atoms with E-state index in [9.17, 15) is 21.6 Å². The lowest BCUT2D eigenvalue weighted by Gasteiger charge is -2.18. The molecule has 136 valence electrons. The summed E-state index contributed by atoms with van der Waals surface area (Å²) in [6.07, 6.45) is -4.03. The average Bonchev–Trinajstić information content (AvgIpc) is 2.59. The van der Waals surface area contributed by atoms with Crippen LogP contribution in [0, 0.1) is 0 Å². The van der Waals surface area contributed by atoms with Crippen LogP contribution in [0.1, 0.15) is 30.5 Å². The minimum absolute atomic E-state index is 0.215. The molecule has 8 heteroatoms. The molecule has 1 N–H and O–H groups in total. The summed E-state index contributed by atoms with van der Waals surface area (Å²) in [4.78, 5) is -0.215. The molecule has 0 radical (unpaired) electrons. The Morgan fingerprint density at radius 1 is 1.04 bits per heavy atom. The normalized spacial score (nSPS) is 13.5. The molecule has 0 bridgehead atoms. The molecule has 0 spiro atoms. The number of sulfonamides is 1. The molecule has 2 aromatic carbocycles. The second-order valence-corrected chi connectivity index (χ2v) is 7.09. The summed E-state index contributed by atoms with van der Waals surface area (Å²) in [6, 6.07) is 9.81. The van der Waals surface area contributed by atoms with Crippen molar-refractivity contribution in [2.75, 3.05) is 7.11 Å². The van der Waals surface area contributed by atoms with Gasteiger partial charge in [-0.15, -0.1) is 0 Å². The van der Waals surface area contributed by atoms with E-state index < -0.39 is 27.8 Å². The van der Waals surface area contributed by atoms with E-state index in [1.165, 1.54) is 7.11 Å². The van der Waals surface area contributed by atoms with Gasteiger partial charge in [0.05, 0.1) is 17.6 Å². The molecule has 0 unspecified atom stereocenters. The van der Waals surface area contributed by atoms with Crippen LogP contribution in [0.5, 0.6) is 5.75 Å². The van der Waals surface area contributed by atoms with Gasteiger partial charge in [-0.1, -0.05) is 19.1 Å². The van der Waals surface area contributed by atoms with Crippen LogP contribution in [-0.2, 0) is 16.2 Å². The topological polar surface area (TPSA) is 55.4 Å². The van der Waals surface area contributed by atoms with Crippen LogP contribution in [0.15, 0.2) is 53.4 Å². The lowest BCUT2D eigenvalue weighted by Crippen LogP contribution is -2.28. The fourth-order valence-corrected chi connectivity index (χ4v) is 3.61. The zero-order valence-corrected chi connectivity index (χ0v) is 14.5. The molecule has 25 heavy (non-hydrogen) atoms. The Kier molecular flexibility index (Phi) is 5.74. The number of rotatable bonds is 6. The maximum atomic E-state index is 12.6. The van der Waals surface area contributed by atoms with Crippen molar-refractivity contribution in [2.24, 2.45) is 0 Å². The number of nitrogens with one attached hydrogen (secondary N) is 1. The van der Waals surface area contributed by atoms with Gasteiger partial charge in [-0.25, -0.2) is 13.1 Å². The number of halogens is 3. The second-order valence-electron chi connectivity index (χ2n) is 5.38. The largest absolute Gasteiger partial charge is 0.497 e. The van der Waals surface area contributed by atoms with Crippen molar-refractivity contribution in [1.29, 1.82) is 0 Å². The first-order valence-corrected chi connectivity index (χ1v) is 8.99. The van der Waals surface area contributed by atoms with Crippen molar-refractivity contribution in [2.45, 2.75) is 30.5 Å². The summed E-state index contributed by atoms with van der Waals surface area (Å²) in [5, 5.41) is 0. The highest BCUT2D eigenvalue weighted by Gasteiger charge is 2.31. The lowest BCUT2D eigenvalue weighted by atomic mass is 10.1. The Morgan fingerprint density at radius 2 is 1.60 bits per heavy atom. The number of methoxy groups -OCH3 is 1. The molecule has 0 amide bonds. The van der Waals surface area contributed by atoms with E-state index in [2.05, 4.69) is 4.72 Å². The number of benzene rings is 2. The van der Waals surface area contributed by atoms with Crippen molar-refractivity contribution in [3.8, 4) is 5.75 Å². The fraction of sp³-hybridized carbons (Fsp3) is 0.294. The first-order valence-electron chi connectivity index (χ1n) is 7.51. The first-order chi connectivity index (χ1) is 11.7. The van der Waals surface area contributed by atoms with E-state index in [0.717, 1.165) is 29.8 Å². The first kappa shape index (κ1) is 19.3. The van der Waals surface area contributed by atoms with Gasteiger partial charge >= 0.3 is 6.18 Å². The van der Waals surface area contributed by atoms with Crippen molar-refractivity contribution < 1.29 is 26.3 Å². The lowest BCUT2D eigenvalue weighted by molar-refractivity contribution is -0.137.